The van der Waals surface area contributed by atoms with Crippen LogP contribution >= 0.6 is 0 Å². The number of rotatable bonds is 6. The average Bonchev–Trinajstić information content (AvgIpc) is 2.89. The molecule has 0 bridgehead atoms. The maximum absolute atomic E-state index is 12.2. The lowest BCUT2D eigenvalue weighted by Crippen LogP contribution is -2.45. The summed E-state index contributed by atoms with van der Waals surface area (Å²) in [7, 11) is 1.87. The molecule has 2 N–H and O–H groups in total. The Labute approximate surface area is 138 Å². The Bertz CT molecular complexity index is 488. The van der Waals surface area contributed by atoms with Crippen LogP contribution in [0.5, 0.6) is 0 Å². The Morgan fingerprint density at radius 2 is 2.04 bits per heavy atom. The van der Waals surface area contributed by atoms with Crippen molar-refractivity contribution in [2.45, 2.75) is 58.4 Å². The molecule has 130 valence electrons. The number of nitrogens with one attached hydrogen (secondary N) is 1. The molecule has 0 atom stereocenters. The van der Waals surface area contributed by atoms with Crippen molar-refractivity contribution in [3.05, 3.63) is 17.0 Å². The third-order valence-corrected chi connectivity index (χ3v) is 5.00. The predicted octanol–water partition coefficient (Wildman–Crippen LogP) is 2.42. The van der Waals surface area contributed by atoms with Gasteiger partial charge in [0.1, 0.15) is 5.76 Å². The molecule has 2 amide bonds. The molecule has 1 aromatic rings. The highest BCUT2D eigenvalue weighted by atomic mass is 16.5. The molecule has 0 saturated heterocycles. The fraction of sp³-hybridized carbons (Fsp3) is 0.765. The lowest BCUT2D eigenvalue weighted by molar-refractivity contribution is 0.134. The molecule has 6 heteroatoms. The fourth-order valence-corrected chi connectivity index (χ4v) is 3.32. The number of urea groups is 1. The lowest BCUT2D eigenvalue weighted by atomic mass is 9.86. The maximum Gasteiger partial charge on any atom is 0.317 e. The fourth-order valence-electron chi connectivity index (χ4n) is 3.32. The summed E-state index contributed by atoms with van der Waals surface area (Å²) in [5.74, 6) is 1.28. The summed E-state index contributed by atoms with van der Waals surface area (Å²) in [5.41, 5.74) is 2.08. The quantitative estimate of drug-likeness (QED) is 0.788. The Kier molecular flexibility index (Phi) is 6.45. The van der Waals surface area contributed by atoms with Gasteiger partial charge in [-0.3, -0.25) is 0 Å². The smallest absolute Gasteiger partial charge is 0.317 e. The number of nitrogens with zero attached hydrogens (tertiary/aromatic N) is 2. The van der Waals surface area contributed by atoms with E-state index in [1.165, 1.54) is 0 Å². The first-order valence-electron chi connectivity index (χ1n) is 8.56. The zero-order valence-electron chi connectivity index (χ0n) is 14.5. The molecule has 1 aliphatic rings. The van der Waals surface area contributed by atoms with Crippen LogP contribution in [0.1, 0.15) is 49.1 Å². The zero-order chi connectivity index (χ0) is 16.8. The van der Waals surface area contributed by atoms with Gasteiger partial charge in [-0.2, -0.15) is 0 Å². The van der Waals surface area contributed by atoms with Crippen molar-refractivity contribution in [2.24, 2.45) is 5.92 Å². The van der Waals surface area contributed by atoms with Crippen molar-refractivity contribution in [3.63, 3.8) is 0 Å². The van der Waals surface area contributed by atoms with Gasteiger partial charge in [-0.1, -0.05) is 5.16 Å². The summed E-state index contributed by atoms with van der Waals surface area (Å²) < 4.78 is 5.15. The third kappa shape index (κ3) is 4.70. The van der Waals surface area contributed by atoms with E-state index >= 15 is 0 Å². The summed E-state index contributed by atoms with van der Waals surface area (Å²) in [4.78, 5) is 14.0. The second-order valence-electron chi connectivity index (χ2n) is 6.61. The van der Waals surface area contributed by atoms with Crippen molar-refractivity contribution >= 4 is 6.03 Å². The molecule has 0 unspecified atom stereocenters. The number of hydrogen-bond donors (Lipinski definition) is 2. The highest BCUT2D eigenvalue weighted by Gasteiger charge is 2.25. The number of aliphatic hydroxyl groups excluding tert-OH is 1. The number of aryl methyl sites for hydroxylation is 2. The van der Waals surface area contributed by atoms with Crippen LogP contribution in [0.4, 0.5) is 4.79 Å². The molecule has 6 nitrogen and oxygen atoms in total. The second kappa shape index (κ2) is 8.34. The van der Waals surface area contributed by atoms with Crippen molar-refractivity contribution in [2.75, 3.05) is 20.2 Å². The highest BCUT2D eigenvalue weighted by molar-refractivity contribution is 5.74. The number of hydrogen-bond acceptors (Lipinski definition) is 4. The van der Waals surface area contributed by atoms with Gasteiger partial charge in [-0.15, -0.1) is 0 Å². The van der Waals surface area contributed by atoms with E-state index in [2.05, 4.69) is 10.5 Å². The topological polar surface area (TPSA) is 78.6 Å². The Balaban J connectivity index is 1.68. The summed E-state index contributed by atoms with van der Waals surface area (Å²) >= 11 is 0. The van der Waals surface area contributed by atoms with Gasteiger partial charge in [-0.25, -0.2) is 4.79 Å². The molecule has 0 radical (unpaired) electrons. The van der Waals surface area contributed by atoms with Gasteiger partial charge in [0.25, 0.3) is 0 Å². The van der Waals surface area contributed by atoms with Crippen LogP contribution in [-0.4, -0.2) is 47.4 Å². The first-order chi connectivity index (χ1) is 11.0. The van der Waals surface area contributed by atoms with Gasteiger partial charge in [0.15, 0.2) is 0 Å². The highest BCUT2D eigenvalue weighted by Crippen LogP contribution is 2.26. The number of amides is 2. The van der Waals surface area contributed by atoms with E-state index in [9.17, 15) is 9.90 Å². The number of carbonyl (C=O) groups is 1. The van der Waals surface area contributed by atoms with E-state index in [1.54, 1.807) is 0 Å². The van der Waals surface area contributed by atoms with Crippen LogP contribution in [0, 0.1) is 19.8 Å². The molecule has 0 aliphatic heterocycles. The van der Waals surface area contributed by atoms with Gasteiger partial charge < -0.3 is 19.8 Å². The minimum Gasteiger partial charge on any atom is -0.396 e. The first kappa shape index (κ1) is 17.8. The van der Waals surface area contributed by atoms with Crippen LogP contribution in [0.3, 0.4) is 0 Å². The minimum atomic E-state index is -0.00351. The second-order valence-corrected chi connectivity index (χ2v) is 6.61. The first-order valence-corrected chi connectivity index (χ1v) is 8.56. The molecule has 0 aromatic carbocycles. The van der Waals surface area contributed by atoms with Gasteiger partial charge in [-0.05, 0) is 58.3 Å². The average molecular weight is 323 g/mol. The minimum absolute atomic E-state index is 0.00351. The van der Waals surface area contributed by atoms with E-state index < -0.39 is 0 Å². The monoisotopic (exact) mass is 323 g/mol. The molecule has 23 heavy (non-hydrogen) atoms. The molecular weight excluding hydrogens is 294 g/mol. The van der Waals surface area contributed by atoms with E-state index in [1.807, 2.05) is 25.8 Å². The van der Waals surface area contributed by atoms with Crippen molar-refractivity contribution < 1.29 is 14.4 Å². The van der Waals surface area contributed by atoms with E-state index in [-0.39, 0.29) is 12.6 Å². The zero-order valence-corrected chi connectivity index (χ0v) is 14.5. The van der Waals surface area contributed by atoms with Gasteiger partial charge in [0, 0.05) is 31.8 Å². The summed E-state index contributed by atoms with van der Waals surface area (Å²) in [5, 5.41) is 16.1. The largest absolute Gasteiger partial charge is 0.396 e. The molecule has 1 aromatic heterocycles. The normalized spacial score (nSPS) is 21.2. The van der Waals surface area contributed by atoms with Crippen LogP contribution < -0.4 is 5.32 Å². The Morgan fingerprint density at radius 1 is 1.35 bits per heavy atom. The molecule has 0 spiro atoms. The van der Waals surface area contributed by atoms with Crippen LogP contribution in [0.15, 0.2) is 4.52 Å². The van der Waals surface area contributed by atoms with Crippen LogP contribution in [0.25, 0.3) is 0 Å². The van der Waals surface area contributed by atoms with E-state index in [0.717, 1.165) is 55.5 Å². The lowest BCUT2D eigenvalue weighted by Gasteiger charge is -2.34. The molecule has 1 fully saturated rings. The number of aromatic nitrogens is 1. The van der Waals surface area contributed by atoms with E-state index in [0.29, 0.717) is 18.5 Å². The molecule has 1 aliphatic carbocycles. The van der Waals surface area contributed by atoms with Crippen molar-refractivity contribution in [1.29, 1.82) is 0 Å². The summed E-state index contributed by atoms with van der Waals surface area (Å²) in [6, 6.07) is 0.288. The van der Waals surface area contributed by atoms with E-state index in [4.69, 9.17) is 4.52 Å². The van der Waals surface area contributed by atoms with Gasteiger partial charge >= 0.3 is 6.03 Å². The van der Waals surface area contributed by atoms with Gasteiger partial charge in [0.2, 0.25) is 0 Å². The number of carbonyl (C=O) groups excluding carboxylic acids is 1. The maximum atomic E-state index is 12.2. The van der Waals surface area contributed by atoms with Crippen molar-refractivity contribution in [1.82, 2.24) is 15.4 Å². The SMILES string of the molecule is Cc1noc(C)c1CCCNC(=O)N(C)C1CCC(CO)CC1. The standard InChI is InChI=1S/C17H29N3O3/c1-12-16(13(2)23-19-12)5-4-10-18-17(22)20(3)15-8-6-14(11-21)7-9-15/h14-15,21H,4-11H2,1-3H3,(H,18,22). The Morgan fingerprint density at radius 3 is 2.61 bits per heavy atom. The third-order valence-electron chi connectivity index (χ3n) is 5.00. The molecule has 1 saturated carbocycles. The molecule has 1 heterocycles. The molecule has 2 rings (SSSR count). The molecular formula is C17H29N3O3. The summed E-state index contributed by atoms with van der Waals surface area (Å²) in [6.07, 6.45) is 5.71. The Hall–Kier alpha value is -1.56. The summed E-state index contributed by atoms with van der Waals surface area (Å²) in [6.45, 7) is 4.79. The number of aliphatic hydroxyl groups is 1. The van der Waals surface area contributed by atoms with Crippen LogP contribution in [0.2, 0.25) is 0 Å². The van der Waals surface area contributed by atoms with Crippen LogP contribution in [-0.2, 0) is 6.42 Å². The van der Waals surface area contributed by atoms with Gasteiger partial charge in [0.05, 0.1) is 5.69 Å². The predicted molar refractivity (Wildman–Crippen MR) is 88.3 cm³/mol. The van der Waals surface area contributed by atoms with Crippen molar-refractivity contribution in [3.8, 4) is 0 Å².